The summed E-state index contributed by atoms with van der Waals surface area (Å²) >= 11 is 21.8. The molecule has 0 aromatic heterocycles. The average Bonchev–Trinajstić information content (AvgIpc) is 2.20. The number of nitrogens with one attached hydrogen (secondary N) is 2. The maximum atomic E-state index is 11.4. The van der Waals surface area contributed by atoms with E-state index >= 15 is 0 Å². The molecule has 0 fully saturated rings. The van der Waals surface area contributed by atoms with Crippen molar-refractivity contribution in [2.75, 3.05) is 5.32 Å². The van der Waals surface area contributed by atoms with Gasteiger partial charge in [-0.1, -0.05) is 46.4 Å². The molecule has 0 aliphatic rings. The van der Waals surface area contributed by atoms with Gasteiger partial charge in [-0.05, 0) is 24.3 Å². The molecule has 0 aliphatic heterocycles. The number of anilines is 1. The van der Waals surface area contributed by atoms with E-state index in [4.69, 9.17) is 46.4 Å². The largest absolute Gasteiger partial charge is 0.369 e. The second-order valence-electron chi connectivity index (χ2n) is 3.05. The maximum Gasteiger partial charge on any atom is 0.321 e. The molecule has 1 atom stereocenters. The van der Waals surface area contributed by atoms with Crippen LogP contribution in [-0.4, -0.2) is 21.2 Å². The van der Waals surface area contributed by atoms with Gasteiger partial charge in [-0.3, -0.25) is 0 Å². The average molecular weight is 318 g/mol. The van der Waals surface area contributed by atoms with Gasteiger partial charge in [0.25, 0.3) is 0 Å². The van der Waals surface area contributed by atoms with E-state index in [1.54, 1.807) is 24.3 Å². The minimum atomic E-state index is -1.99. The van der Waals surface area contributed by atoms with Crippen molar-refractivity contribution in [3.63, 3.8) is 0 Å². The van der Waals surface area contributed by atoms with Crippen LogP contribution in [-0.2, 0) is 0 Å². The Hall–Kier alpha value is -0.390. The Morgan fingerprint density at radius 3 is 2.24 bits per heavy atom. The molecule has 94 valence electrons. The third-order valence-electron chi connectivity index (χ3n) is 1.68. The zero-order valence-corrected chi connectivity index (χ0v) is 11.3. The summed E-state index contributed by atoms with van der Waals surface area (Å²) in [5, 5.41) is 14.3. The van der Waals surface area contributed by atoms with Crippen molar-refractivity contribution in [2.45, 2.75) is 10.0 Å². The highest BCUT2D eigenvalue weighted by Gasteiger charge is 2.32. The number of hydrogen-bond donors (Lipinski definition) is 3. The maximum absolute atomic E-state index is 11.4. The number of urea groups is 1. The molecule has 17 heavy (non-hydrogen) atoms. The second kappa shape index (κ2) is 5.98. The standard InChI is InChI=1S/C9H8Cl4N2O2/c10-5-1-3-6(4-2-5)14-8(17)15-7(16)9(11,12)13/h1-4,7,16H,(H2,14,15,17). The SMILES string of the molecule is O=C(Nc1ccc(Cl)cc1)NC(O)C(Cl)(Cl)Cl. The summed E-state index contributed by atoms with van der Waals surface area (Å²) in [5.74, 6) is 0. The van der Waals surface area contributed by atoms with E-state index in [1.165, 1.54) is 0 Å². The summed E-state index contributed by atoms with van der Waals surface area (Å²) in [6.45, 7) is 0. The van der Waals surface area contributed by atoms with Crippen LogP contribution in [0.25, 0.3) is 0 Å². The Bertz CT molecular complexity index is 391. The number of aliphatic hydroxyl groups excluding tert-OH is 1. The number of alkyl halides is 3. The van der Waals surface area contributed by atoms with Gasteiger partial charge >= 0.3 is 6.03 Å². The third kappa shape index (κ3) is 5.19. The van der Waals surface area contributed by atoms with E-state index in [0.29, 0.717) is 10.7 Å². The number of carbonyl (C=O) groups is 1. The van der Waals surface area contributed by atoms with Crippen LogP contribution in [0.5, 0.6) is 0 Å². The monoisotopic (exact) mass is 316 g/mol. The molecule has 4 nitrogen and oxygen atoms in total. The number of rotatable bonds is 2. The van der Waals surface area contributed by atoms with Crippen molar-refractivity contribution >= 4 is 58.1 Å². The molecule has 2 amide bonds. The summed E-state index contributed by atoms with van der Waals surface area (Å²) in [6, 6.07) is 5.67. The molecular formula is C9H8Cl4N2O2. The van der Waals surface area contributed by atoms with Gasteiger partial charge in [0.15, 0.2) is 6.23 Å². The first-order chi connectivity index (χ1) is 7.79. The van der Waals surface area contributed by atoms with E-state index in [0.717, 1.165) is 0 Å². The van der Waals surface area contributed by atoms with Gasteiger partial charge < -0.3 is 15.7 Å². The van der Waals surface area contributed by atoms with Crippen LogP contribution in [0.1, 0.15) is 0 Å². The fraction of sp³-hybridized carbons (Fsp3) is 0.222. The molecule has 0 aliphatic carbocycles. The van der Waals surface area contributed by atoms with Crippen molar-refractivity contribution in [3.05, 3.63) is 29.3 Å². The minimum Gasteiger partial charge on any atom is -0.369 e. The predicted molar refractivity (Wildman–Crippen MR) is 69.9 cm³/mol. The lowest BCUT2D eigenvalue weighted by atomic mass is 10.3. The third-order valence-corrected chi connectivity index (χ3v) is 2.55. The van der Waals surface area contributed by atoms with Gasteiger partial charge in [0.1, 0.15) is 0 Å². The molecule has 3 N–H and O–H groups in total. The fourth-order valence-electron chi connectivity index (χ4n) is 0.906. The molecule has 1 unspecified atom stereocenters. The fourth-order valence-corrected chi connectivity index (χ4v) is 1.20. The Morgan fingerprint density at radius 1 is 1.24 bits per heavy atom. The van der Waals surface area contributed by atoms with Crippen molar-refractivity contribution in [3.8, 4) is 0 Å². The topological polar surface area (TPSA) is 61.4 Å². The van der Waals surface area contributed by atoms with E-state index in [9.17, 15) is 9.90 Å². The molecule has 0 heterocycles. The van der Waals surface area contributed by atoms with Crippen LogP contribution in [0.3, 0.4) is 0 Å². The van der Waals surface area contributed by atoms with Crippen LogP contribution in [0, 0.1) is 0 Å². The molecule has 0 bridgehead atoms. The Kier molecular flexibility index (Phi) is 5.16. The van der Waals surface area contributed by atoms with Crippen LogP contribution in [0.4, 0.5) is 10.5 Å². The molecule has 0 saturated heterocycles. The smallest absolute Gasteiger partial charge is 0.321 e. The second-order valence-corrected chi connectivity index (χ2v) is 5.85. The normalized spacial score (nSPS) is 13.0. The van der Waals surface area contributed by atoms with Crippen molar-refractivity contribution in [1.82, 2.24) is 5.32 Å². The van der Waals surface area contributed by atoms with E-state index in [1.807, 2.05) is 0 Å². The lowest BCUT2D eigenvalue weighted by Crippen LogP contribution is -2.45. The first-order valence-electron chi connectivity index (χ1n) is 4.37. The van der Waals surface area contributed by atoms with Gasteiger partial charge in [-0.15, -0.1) is 0 Å². The van der Waals surface area contributed by atoms with E-state index < -0.39 is 16.1 Å². The summed E-state index contributed by atoms with van der Waals surface area (Å²) in [7, 11) is 0. The van der Waals surface area contributed by atoms with Crippen LogP contribution < -0.4 is 10.6 Å². The Balaban J connectivity index is 2.53. The molecular weight excluding hydrogens is 310 g/mol. The van der Waals surface area contributed by atoms with Gasteiger partial charge in [0.05, 0.1) is 0 Å². The van der Waals surface area contributed by atoms with Gasteiger partial charge in [-0.25, -0.2) is 4.79 Å². The highest BCUT2D eigenvalue weighted by Crippen LogP contribution is 2.28. The molecule has 1 aromatic carbocycles. The van der Waals surface area contributed by atoms with Crippen LogP contribution in [0.2, 0.25) is 5.02 Å². The molecule has 1 rings (SSSR count). The Morgan fingerprint density at radius 2 is 1.76 bits per heavy atom. The minimum absolute atomic E-state index is 0.489. The highest BCUT2D eigenvalue weighted by atomic mass is 35.6. The predicted octanol–water partition coefficient (Wildman–Crippen LogP) is 3.15. The number of aliphatic hydroxyl groups is 1. The molecule has 0 radical (unpaired) electrons. The van der Waals surface area contributed by atoms with Crippen LogP contribution >= 0.6 is 46.4 Å². The molecule has 0 spiro atoms. The summed E-state index contributed by atoms with van der Waals surface area (Å²) < 4.78 is -1.99. The number of amides is 2. The molecule has 0 saturated carbocycles. The Labute approximate surface area is 118 Å². The van der Waals surface area contributed by atoms with Gasteiger partial charge in [0.2, 0.25) is 3.79 Å². The number of carbonyl (C=O) groups excluding carboxylic acids is 1. The first-order valence-corrected chi connectivity index (χ1v) is 5.88. The van der Waals surface area contributed by atoms with Crippen molar-refractivity contribution in [1.29, 1.82) is 0 Å². The van der Waals surface area contributed by atoms with E-state index in [2.05, 4.69) is 10.6 Å². The number of hydrogen-bond acceptors (Lipinski definition) is 2. The lowest BCUT2D eigenvalue weighted by molar-refractivity contribution is 0.148. The molecule has 1 aromatic rings. The zero-order chi connectivity index (χ0) is 13.1. The van der Waals surface area contributed by atoms with Crippen molar-refractivity contribution in [2.24, 2.45) is 0 Å². The van der Waals surface area contributed by atoms with E-state index in [-0.39, 0.29) is 0 Å². The number of halogens is 4. The zero-order valence-electron chi connectivity index (χ0n) is 8.25. The summed E-state index contributed by atoms with van der Waals surface area (Å²) in [6.07, 6.45) is -1.61. The molecule has 8 heteroatoms. The van der Waals surface area contributed by atoms with Gasteiger partial charge in [0, 0.05) is 10.7 Å². The number of benzene rings is 1. The van der Waals surface area contributed by atoms with Crippen LogP contribution in [0.15, 0.2) is 24.3 Å². The summed E-state index contributed by atoms with van der Waals surface area (Å²) in [4.78, 5) is 11.4. The summed E-state index contributed by atoms with van der Waals surface area (Å²) in [5.41, 5.74) is 0.489. The quantitative estimate of drug-likeness (QED) is 0.579. The van der Waals surface area contributed by atoms with Gasteiger partial charge in [-0.2, -0.15) is 0 Å². The van der Waals surface area contributed by atoms with Crippen molar-refractivity contribution < 1.29 is 9.90 Å². The first kappa shape index (κ1) is 14.7. The lowest BCUT2D eigenvalue weighted by Gasteiger charge is -2.20. The highest BCUT2D eigenvalue weighted by molar-refractivity contribution is 6.68.